The van der Waals surface area contributed by atoms with Crippen molar-refractivity contribution in [3.05, 3.63) is 0 Å². The summed E-state index contributed by atoms with van der Waals surface area (Å²) in [6.07, 6.45) is 1.66. The molecule has 1 unspecified atom stereocenters. The van der Waals surface area contributed by atoms with Gasteiger partial charge in [0.2, 0.25) is 0 Å². The second-order valence-corrected chi connectivity index (χ2v) is 20.5. The Morgan fingerprint density at radius 1 is 0.941 bits per heavy atom. The van der Waals surface area contributed by atoms with Gasteiger partial charge in [0.05, 0.1) is 8.07 Å². The first-order chi connectivity index (χ1) is 7.47. The summed E-state index contributed by atoms with van der Waals surface area (Å²) in [5.74, 6) is 0. The van der Waals surface area contributed by atoms with Crippen molar-refractivity contribution in [3.63, 3.8) is 0 Å². The number of aliphatic hydroxyl groups excluding tert-OH is 1. The zero-order valence-corrected chi connectivity index (χ0v) is 15.6. The Bertz CT molecular complexity index is 223. The summed E-state index contributed by atoms with van der Waals surface area (Å²) in [5.41, 5.74) is 0. The number of rotatable bonds is 8. The van der Waals surface area contributed by atoms with E-state index in [4.69, 9.17) is 13.6 Å². The van der Waals surface area contributed by atoms with Crippen LogP contribution < -0.4 is 0 Å². The van der Waals surface area contributed by atoms with E-state index >= 15 is 0 Å². The average molecular weight is 295 g/mol. The van der Waals surface area contributed by atoms with E-state index in [2.05, 4.69) is 45.8 Å². The van der Waals surface area contributed by atoms with Crippen LogP contribution in [0, 0.1) is 0 Å². The van der Waals surface area contributed by atoms with Crippen LogP contribution in [0.2, 0.25) is 51.9 Å². The van der Waals surface area contributed by atoms with Gasteiger partial charge in [0.15, 0.2) is 8.32 Å². The molecule has 1 N–H and O–H groups in total. The van der Waals surface area contributed by atoms with Crippen LogP contribution in [0.1, 0.15) is 6.42 Å². The lowest BCUT2D eigenvalue weighted by Gasteiger charge is -2.35. The summed E-state index contributed by atoms with van der Waals surface area (Å²) in [4.78, 5) is 0. The summed E-state index contributed by atoms with van der Waals surface area (Å²) in [7, 11) is -4.84. The van der Waals surface area contributed by atoms with Crippen LogP contribution in [-0.2, 0) is 8.54 Å². The summed E-state index contributed by atoms with van der Waals surface area (Å²) < 4.78 is 12.5. The fraction of sp³-hybridized carbons (Fsp3) is 1.00. The molecular formula is C11H30O3Si3. The molecule has 0 saturated heterocycles. The highest BCUT2D eigenvalue weighted by Gasteiger charge is 2.37. The van der Waals surface area contributed by atoms with Gasteiger partial charge in [0, 0.05) is 12.8 Å². The van der Waals surface area contributed by atoms with E-state index < -0.39 is 25.0 Å². The number of aliphatic hydroxyl groups is 1. The molecule has 0 spiro atoms. The third kappa shape index (κ3) is 10.2. The van der Waals surface area contributed by atoms with Gasteiger partial charge in [-0.1, -0.05) is 19.6 Å². The minimum Gasteiger partial charge on any atom is -0.436 e. The van der Waals surface area contributed by atoms with E-state index in [1.807, 2.05) is 0 Å². The van der Waals surface area contributed by atoms with Crippen LogP contribution in [0.15, 0.2) is 0 Å². The lowest BCUT2D eigenvalue weighted by Crippen LogP contribution is -2.49. The van der Waals surface area contributed by atoms with Crippen molar-refractivity contribution in [1.82, 2.24) is 0 Å². The van der Waals surface area contributed by atoms with E-state index in [9.17, 15) is 0 Å². The topological polar surface area (TPSA) is 38.7 Å². The predicted octanol–water partition coefficient (Wildman–Crippen LogP) is 3.19. The Morgan fingerprint density at radius 2 is 1.47 bits per heavy atom. The van der Waals surface area contributed by atoms with Crippen molar-refractivity contribution in [2.24, 2.45) is 0 Å². The van der Waals surface area contributed by atoms with Crippen LogP contribution in [0.3, 0.4) is 0 Å². The van der Waals surface area contributed by atoms with Gasteiger partial charge >= 0.3 is 8.56 Å². The molecule has 0 aliphatic carbocycles. The molecule has 3 nitrogen and oxygen atoms in total. The Labute approximate surface area is 110 Å². The average Bonchev–Trinajstić information content (AvgIpc) is 2.08. The van der Waals surface area contributed by atoms with Crippen LogP contribution in [0.25, 0.3) is 0 Å². The van der Waals surface area contributed by atoms with Crippen molar-refractivity contribution >= 4 is 25.0 Å². The largest absolute Gasteiger partial charge is 0.436 e. The standard InChI is InChI=1S/C11H30O3Si3/c1-15(2,3)11-13-17(7,10-8-9-12)14-16(4,5)6/h12H,8-11H2,1-7H3. The van der Waals surface area contributed by atoms with Crippen molar-refractivity contribution in [3.8, 4) is 0 Å². The molecular weight excluding hydrogens is 264 g/mol. The molecule has 1 atom stereocenters. The molecule has 0 aromatic heterocycles. The normalized spacial score (nSPS) is 16.9. The van der Waals surface area contributed by atoms with Gasteiger partial charge in [-0.05, 0) is 38.7 Å². The van der Waals surface area contributed by atoms with Gasteiger partial charge in [0.25, 0.3) is 0 Å². The third-order valence-corrected chi connectivity index (χ3v) is 9.61. The Hall–Kier alpha value is 0.531. The second-order valence-electron chi connectivity index (χ2n) is 7.02. The third-order valence-electron chi connectivity index (χ3n) is 2.12. The van der Waals surface area contributed by atoms with Crippen LogP contribution in [0.5, 0.6) is 0 Å². The van der Waals surface area contributed by atoms with Gasteiger partial charge in [-0.3, -0.25) is 0 Å². The van der Waals surface area contributed by atoms with Gasteiger partial charge < -0.3 is 13.6 Å². The first-order valence-electron chi connectivity index (χ1n) is 6.42. The Kier molecular flexibility index (Phi) is 6.83. The molecule has 0 radical (unpaired) electrons. The summed E-state index contributed by atoms with van der Waals surface area (Å²) in [5, 5.41) is 8.99. The molecule has 0 aliphatic heterocycles. The van der Waals surface area contributed by atoms with Gasteiger partial charge in [-0.15, -0.1) is 0 Å². The Morgan fingerprint density at radius 3 is 1.82 bits per heavy atom. The molecule has 0 saturated carbocycles. The highest BCUT2D eigenvalue weighted by atomic mass is 28.4. The SMILES string of the molecule is C[Si](C)(C)CO[Si](C)(CCCO)O[Si](C)(C)C. The molecule has 0 aromatic carbocycles. The van der Waals surface area contributed by atoms with Crippen molar-refractivity contribution in [2.75, 3.05) is 12.8 Å². The van der Waals surface area contributed by atoms with Crippen molar-refractivity contribution < 1.29 is 13.6 Å². The summed E-state index contributed by atoms with van der Waals surface area (Å²) >= 11 is 0. The van der Waals surface area contributed by atoms with Crippen LogP contribution in [0.4, 0.5) is 0 Å². The lowest BCUT2D eigenvalue weighted by atomic mass is 10.5. The van der Waals surface area contributed by atoms with E-state index in [0.29, 0.717) is 0 Å². The quantitative estimate of drug-likeness (QED) is 0.699. The molecule has 0 amide bonds. The fourth-order valence-corrected chi connectivity index (χ4v) is 11.3. The van der Waals surface area contributed by atoms with Crippen molar-refractivity contribution in [1.29, 1.82) is 0 Å². The lowest BCUT2D eigenvalue weighted by molar-refractivity contribution is 0.260. The minimum atomic E-state index is -2.08. The maximum Gasteiger partial charge on any atom is 0.324 e. The minimum absolute atomic E-state index is 0.230. The maximum atomic E-state index is 8.99. The van der Waals surface area contributed by atoms with Crippen LogP contribution in [-0.4, -0.2) is 42.9 Å². The Balaban J connectivity index is 4.49. The highest BCUT2D eigenvalue weighted by Crippen LogP contribution is 2.22. The maximum absolute atomic E-state index is 8.99. The summed E-state index contributed by atoms with van der Waals surface area (Å²) in [6.45, 7) is 15.9. The van der Waals surface area contributed by atoms with Gasteiger partial charge in [0.1, 0.15) is 0 Å². The first kappa shape index (κ1) is 17.5. The monoisotopic (exact) mass is 294 g/mol. The molecule has 0 aromatic rings. The fourth-order valence-electron chi connectivity index (χ4n) is 1.57. The van der Waals surface area contributed by atoms with Crippen molar-refractivity contribution in [2.45, 2.75) is 58.3 Å². The molecule has 104 valence electrons. The van der Waals surface area contributed by atoms with E-state index in [1.165, 1.54) is 0 Å². The summed E-state index contributed by atoms with van der Waals surface area (Å²) in [6, 6.07) is 0.901. The molecule has 0 fully saturated rings. The molecule has 6 heteroatoms. The highest BCUT2D eigenvalue weighted by molar-refractivity contribution is 6.83. The second kappa shape index (κ2) is 6.63. The first-order valence-corrected chi connectivity index (χ1v) is 16.1. The number of hydrogen-bond acceptors (Lipinski definition) is 3. The molecule has 0 heterocycles. The predicted molar refractivity (Wildman–Crippen MR) is 81.9 cm³/mol. The van der Waals surface area contributed by atoms with Gasteiger partial charge in [-0.2, -0.15) is 0 Å². The zero-order chi connectivity index (χ0) is 13.7. The van der Waals surface area contributed by atoms with E-state index in [0.717, 1.165) is 18.7 Å². The molecule has 0 aliphatic rings. The number of hydrogen-bond donors (Lipinski definition) is 1. The smallest absolute Gasteiger partial charge is 0.324 e. The molecule has 17 heavy (non-hydrogen) atoms. The zero-order valence-electron chi connectivity index (χ0n) is 12.6. The van der Waals surface area contributed by atoms with E-state index in [-0.39, 0.29) is 6.61 Å². The molecule has 0 rings (SSSR count). The van der Waals surface area contributed by atoms with E-state index in [1.54, 1.807) is 0 Å². The van der Waals surface area contributed by atoms with Gasteiger partial charge in [-0.25, -0.2) is 0 Å². The molecule has 0 bridgehead atoms. The van der Waals surface area contributed by atoms with Crippen LogP contribution >= 0.6 is 0 Å².